The summed E-state index contributed by atoms with van der Waals surface area (Å²) in [5.41, 5.74) is 3.87. The van der Waals surface area contributed by atoms with Crippen LogP contribution in [0.3, 0.4) is 0 Å². The molecule has 0 aliphatic carbocycles. The molecule has 2 atom stereocenters. The van der Waals surface area contributed by atoms with E-state index in [4.69, 9.17) is 9.84 Å². The summed E-state index contributed by atoms with van der Waals surface area (Å²) in [4.78, 5) is 0. The molecule has 20 heavy (non-hydrogen) atoms. The first-order chi connectivity index (χ1) is 9.67. The van der Waals surface area contributed by atoms with Crippen molar-refractivity contribution in [1.82, 2.24) is 15.1 Å². The Kier molecular flexibility index (Phi) is 5.61. The molecule has 4 heteroatoms. The molecule has 0 aromatic carbocycles. The molecule has 0 saturated carbocycles. The van der Waals surface area contributed by atoms with E-state index in [-0.39, 0.29) is 0 Å². The lowest BCUT2D eigenvalue weighted by molar-refractivity contribution is 0.0992. The molecule has 0 amide bonds. The molecule has 0 spiro atoms. The van der Waals surface area contributed by atoms with Crippen molar-refractivity contribution in [2.24, 2.45) is 0 Å². The Morgan fingerprint density at radius 2 is 2.20 bits per heavy atom. The fourth-order valence-corrected chi connectivity index (χ4v) is 3.27. The molecule has 2 heterocycles. The predicted octanol–water partition coefficient (Wildman–Crippen LogP) is 3.13. The van der Waals surface area contributed by atoms with Crippen molar-refractivity contribution in [2.75, 3.05) is 13.2 Å². The second-order valence-corrected chi connectivity index (χ2v) is 5.75. The number of nitrogens with one attached hydrogen (secondary N) is 1. The van der Waals surface area contributed by atoms with Crippen LogP contribution in [0.2, 0.25) is 0 Å². The monoisotopic (exact) mass is 279 g/mol. The molecule has 0 bridgehead atoms. The van der Waals surface area contributed by atoms with Gasteiger partial charge in [-0.15, -0.1) is 0 Å². The largest absolute Gasteiger partial charge is 0.378 e. The lowest BCUT2D eigenvalue weighted by Gasteiger charge is -2.17. The second-order valence-electron chi connectivity index (χ2n) is 5.75. The zero-order valence-electron chi connectivity index (χ0n) is 13.4. The van der Waals surface area contributed by atoms with Crippen molar-refractivity contribution < 1.29 is 4.74 Å². The van der Waals surface area contributed by atoms with Crippen molar-refractivity contribution in [1.29, 1.82) is 0 Å². The fourth-order valence-electron chi connectivity index (χ4n) is 3.27. The van der Waals surface area contributed by atoms with Crippen LogP contribution in [0.15, 0.2) is 0 Å². The third kappa shape index (κ3) is 3.41. The standard InChI is InChI=1S/C16H29N3O/c1-5-15(17-6-2)16-12(3)18-19(13(16)4)10-9-14-8-7-11-20-14/h14-15,17H,5-11H2,1-4H3. The van der Waals surface area contributed by atoms with Crippen LogP contribution >= 0.6 is 0 Å². The molecule has 2 unspecified atom stereocenters. The average molecular weight is 279 g/mol. The van der Waals surface area contributed by atoms with E-state index in [1.54, 1.807) is 0 Å². The molecular weight excluding hydrogens is 250 g/mol. The van der Waals surface area contributed by atoms with Gasteiger partial charge >= 0.3 is 0 Å². The number of hydrogen-bond acceptors (Lipinski definition) is 3. The lowest BCUT2D eigenvalue weighted by Crippen LogP contribution is -2.21. The maximum atomic E-state index is 5.71. The topological polar surface area (TPSA) is 39.1 Å². The highest BCUT2D eigenvalue weighted by Crippen LogP contribution is 2.25. The number of ether oxygens (including phenoxy) is 1. The minimum atomic E-state index is 0.427. The quantitative estimate of drug-likeness (QED) is 0.833. The molecule has 2 rings (SSSR count). The third-order valence-electron chi connectivity index (χ3n) is 4.33. The number of rotatable bonds is 7. The Balaban J connectivity index is 2.06. The summed E-state index contributed by atoms with van der Waals surface area (Å²) in [6.07, 6.45) is 5.05. The molecule has 1 aromatic heterocycles. The van der Waals surface area contributed by atoms with E-state index in [1.807, 2.05) is 0 Å². The Bertz CT molecular complexity index is 422. The maximum Gasteiger partial charge on any atom is 0.0644 e. The van der Waals surface area contributed by atoms with E-state index in [9.17, 15) is 0 Å². The Morgan fingerprint density at radius 1 is 1.40 bits per heavy atom. The van der Waals surface area contributed by atoms with E-state index >= 15 is 0 Å². The SMILES string of the molecule is CCNC(CC)c1c(C)nn(CCC2CCCO2)c1C. The smallest absolute Gasteiger partial charge is 0.0644 e. The first kappa shape index (κ1) is 15.5. The molecule has 1 aliphatic rings. The number of aryl methyl sites for hydroxylation is 2. The maximum absolute atomic E-state index is 5.71. The molecule has 4 nitrogen and oxygen atoms in total. The van der Waals surface area contributed by atoms with Gasteiger partial charge in [0.2, 0.25) is 0 Å². The zero-order chi connectivity index (χ0) is 14.5. The van der Waals surface area contributed by atoms with Gasteiger partial charge in [0, 0.05) is 30.5 Å². The van der Waals surface area contributed by atoms with Crippen molar-refractivity contribution in [3.63, 3.8) is 0 Å². The number of hydrogen-bond donors (Lipinski definition) is 1. The van der Waals surface area contributed by atoms with Crippen molar-refractivity contribution in [3.05, 3.63) is 17.0 Å². The first-order valence-electron chi connectivity index (χ1n) is 8.06. The average Bonchev–Trinajstić information content (AvgIpc) is 3.03. The second kappa shape index (κ2) is 7.23. The molecular formula is C16H29N3O. The van der Waals surface area contributed by atoms with Crippen LogP contribution in [0.25, 0.3) is 0 Å². The van der Waals surface area contributed by atoms with E-state index in [0.29, 0.717) is 12.1 Å². The molecule has 1 aromatic rings. The summed E-state index contributed by atoms with van der Waals surface area (Å²) in [5.74, 6) is 0. The third-order valence-corrected chi connectivity index (χ3v) is 4.33. The van der Waals surface area contributed by atoms with Crippen LogP contribution in [0.5, 0.6) is 0 Å². The van der Waals surface area contributed by atoms with Crippen LogP contribution in [0.4, 0.5) is 0 Å². The molecule has 0 radical (unpaired) electrons. The van der Waals surface area contributed by atoms with E-state index in [0.717, 1.165) is 32.5 Å². The lowest BCUT2D eigenvalue weighted by atomic mass is 10.0. The normalized spacial score (nSPS) is 20.5. The van der Waals surface area contributed by atoms with Gasteiger partial charge in [0.05, 0.1) is 11.8 Å². The summed E-state index contributed by atoms with van der Waals surface area (Å²) >= 11 is 0. The molecule has 1 aliphatic heterocycles. The highest BCUT2D eigenvalue weighted by atomic mass is 16.5. The minimum Gasteiger partial charge on any atom is -0.378 e. The summed E-state index contributed by atoms with van der Waals surface area (Å²) in [5, 5.41) is 8.31. The Hall–Kier alpha value is -0.870. The van der Waals surface area contributed by atoms with E-state index in [2.05, 4.69) is 37.7 Å². The van der Waals surface area contributed by atoms with Crippen LogP contribution in [-0.4, -0.2) is 29.0 Å². The van der Waals surface area contributed by atoms with Crippen LogP contribution < -0.4 is 5.32 Å². The van der Waals surface area contributed by atoms with Gasteiger partial charge in [0.1, 0.15) is 0 Å². The minimum absolute atomic E-state index is 0.427. The van der Waals surface area contributed by atoms with Crippen LogP contribution in [0.1, 0.15) is 62.5 Å². The number of nitrogens with zero attached hydrogens (tertiary/aromatic N) is 2. The summed E-state index contributed by atoms with van der Waals surface area (Å²) in [7, 11) is 0. The molecule has 1 fully saturated rings. The van der Waals surface area contributed by atoms with Gasteiger partial charge in [0.25, 0.3) is 0 Å². The van der Waals surface area contributed by atoms with Gasteiger partial charge in [-0.25, -0.2) is 0 Å². The zero-order valence-corrected chi connectivity index (χ0v) is 13.4. The molecule has 1 N–H and O–H groups in total. The fraction of sp³-hybridized carbons (Fsp3) is 0.812. The van der Waals surface area contributed by atoms with Crippen molar-refractivity contribution >= 4 is 0 Å². The van der Waals surface area contributed by atoms with Gasteiger partial charge in [-0.3, -0.25) is 4.68 Å². The summed E-state index contributed by atoms with van der Waals surface area (Å²) in [6.45, 7) is 11.6. The van der Waals surface area contributed by atoms with Crippen molar-refractivity contribution in [3.8, 4) is 0 Å². The van der Waals surface area contributed by atoms with Gasteiger partial charge in [0.15, 0.2) is 0 Å². The molecule has 114 valence electrons. The van der Waals surface area contributed by atoms with Crippen molar-refractivity contribution in [2.45, 2.75) is 72.1 Å². The Labute approximate surface area is 122 Å². The first-order valence-corrected chi connectivity index (χ1v) is 8.06. The van der Waals surface area contributed by atoms with E-state index < -0.39 is 0 Å². The Morgan fingerprint density at radius 3 is 2.80 bits per heavy atom. The van der Waals surface area contributed by atoms with Gasteiger partial charge < -0.3 is 10.1 Å². The van der Waals surface area contributed by atoms with Gasteiger partial charge in [-0.1, -0.05) is 13.8 Å². The predicted molar refractivity (Wildman–Crippen MR) is 82.0 cm³/mol. The summed E-state index contributed by atoms with van der Waals surface area (Å²) in [6, 6.07) is 0.427. The highest BCUT2D eigenvalue weighted by Gasteiger charge is 2.20. The highest BCUT2D eigenvalue weighted by molar-refractivity contribution is 5.28. The molecule has 1 saturated heterocycles. The van der Waals surface area contributed by atoms with E-state index in [1.165, 1.54) is 29.8 Å². The van der Waals surface area contributed by atoms with Crippen LogP contribution in [0, 0.1) is 13.8 Å². The van der Waals surface area contributed by atoms with Crippen LogP contribution in [-0.2, 0) is 11.3 Å². The van der Waals surface area contributed by atoms with Gasteiger partial charge in [-0.05, 0) is 46.1 Å². The van der Waals surface area contributed by atoms with Gasteiger partial charge in [-0.2, -0.15) is 5.10 Å². The summed E-state index contributed by atoms with van der Waals surface area (Å²) < 4.78 is 7.88. The number of aromatic nitrogens is 2.